The van der Waals surface area contributed by atoms with Crippen LogP contribution >= 0.6 is 0 Å². The van der Waals surface area contributed by atoms with Gasteiger partial charge < -0.3 is 20.1 Å². The third-order valence-corrected chi connectivity index (χ3v) is 3.24. The minimum absolute atomic E-state index is 0.0767. The molecule has 5 heteroatoms. The van der Waals surface area contributed by atoms with E-state index in [1.54, 1.807) is 7.11 Å². The van der Waals surface area contributed by atoms with Gasteiger partial charge in [0.2, 0.25) is 5.91 Å². The molecule has 1 rings (SSSR count). The van der Waals surface area contributed by atoms with Crippen LogP contribution in [0.15, 0.2) is 0 Å². The molecule has 1 fully saturated rings. The van der Waals surface area contributed by atoms with Gasteiger partial charge in [0.25, 0.3) is 0 Å². The summed E-state index contributed by atoms with van der Waals surface area (Å²) in [4.78, 5) is 11.5. The lowest BCUT2D eigenvalue weighted by Gasteiger charge is -2.22. The zero-order chi connectivity index (χ0) is 13.2. The number of methoxy groups -OCH3 is 1. The first-order valence-corrected chi connectivity index (χ1v) is 6.84. The van der Waals surface area contributed by atoms with E-state index >= 15 is 0 Å². The van der Waals surface area contributed by atoms with Gasteiger partial charge in [-0.2, -0.15) is 0 Å². The topological polar surface area (TPSA) is 59.6 Å². The quantitative estimate of drug-likeness (QED) is 0.629. The Morgan fingerprint density at radius 1 is 1.44 bits per heavy atom. The van der Waals surface area contributed by atoms with Crippen molar-refractivity contribution in [1.82, 2.24) is 10.6 Å². The Balaban J connectivity index is 1.94. The molecule has 0 spiro atoms. The minimum atomic E-state index is 0.0767. The molecule has 2 N–H and O–H groups in total. The minimum Gasteiger partial charge on any atom is -0.382 e. The maximum absolute atomic E-state index is 11.5. The highest BCUT2D eigenvalue weighted by Crippen LogP contribution is 2.06. The smallest absolute Gasteiger partial charge is 0.220 e. The van der Waals surface area contributed by atoms with Crippen LogP contribution in [0.1, 0.15) is 32.6 Å². The number of hydrogen-bond donors (Lipinski definition) is 2. The highest BCUT2D eigenvalue weighted by Gasteiger charge is 2.12. The number of hydrogen-bond acceptors (Lipinski definition) is 4. The molecule has 5 nitrogen and oxygen atoms in total. The number of ether oxygens (including phenoxy) is 2. The maximum atomic E-state index is 11.5. The monoisotopic (exact) mass is 258 g/mol. The Labute approximate surface area is 110 Å². The molecule has 1 aliphatic rings. The van der Waals surface area contributed by atoms with Gasteiger partial charge in [0.1, 0.15) is 0 Å². The first-order valence-electron chi connectivity index (χ1n) is 6.84. The highest BCUT2D eigenvalue weighted by atomic mass is 16.5. The largest absolute Gasteiger partial charge is 0.382 e. The van der Waals surface area contributed by atoms with E-state index in [1.807, 2.05) is 6.92 Å². The van der Waals surface area contributed by atoms with Gasteiger partial charge in [-0.15, -0.1) is 0 Å². The van der Waals surface area contributed by atoms with Crippen molar-refractivity contribution >= 4 is 5.91 Å². The number of carbonyl (C=O) groups excluding carboxylic acids is 1. The van der Waals surface area contributed by atoms with Crippen LogP contribution < -0.4 is 10.6 Å². The number of carbonyl (C=O) groups is 1. The van der Waals surface area contributed by atoms with Crippen LogP contribution in [0, 0.1) is 0 Å². The van der Waals surface area contributed by atoms with E-state index in [0.29, 0.717) is 25.7 Å². The Bertz CT molecular complexity index is 230. The number of amides is 1. The lowest BCUT2D eigenvalue weighted by Crippen LogP contribution is -2.34. The highest BCUT2D eigenvalue weighted by molar-refractivity contribution is 5.75. The summed E-state index contributed by atoms with van der Waals surface area (Å²) in [6, 6.07) is 0. The van der Waals surface area contributed by atoms with Gasteiger partial charge in [0.15, 0.2) is 0 Å². The van der Waals surface area contributed by atoms with E-state index in [9.17, 15) is 4.79 Å². The summed E-state index contributed by atoms with van der Waals surface area (Å²) < 4.78 is 10.8. The predicted octanol–water partition coefficient (Wildman–Crippen LogP) is 0.686. The number of rotatable bonds is 8. The molecule has 0 aromatic heterocycles. The second-order valence-corrected chi connectivity index (χ2v) is 4.76. The lowest BCUT2D eigenvalue weighted by molar-refractivity contribution is -0.122. The normalized spacial score (nSPS) is 18.6. The molecule has 1 saturated heterocycles. The zero-order valence-electron chi connectivity index (χ0n) is 11.5. The third-order valence-electron chi connectivity index (χ3n) is 3.24. The molecule has 1 aliphatic heterocycles. The summed E-state index contributed by atoms with van der Waals surface area (Å²) in [6.45, 7) is 5.24. The second-order valence-electron chi connectivity index (χ2n) is 4.76. The summed E-state index contributed by atoms with van der Waals surface area (Å²) in [7, 11) is 1.66. The molecule has 0 saturated carbocycles. The van der Waals surface area contributed by atoms with E-state index in [0.717, 1.165) is 32.4 Å². The lowest BCUT2D eigenvalue weighted by atomic mass is 10.1. The van der Waals surface area contributed by atoms with Gasteiger partial charge in [0.05, 0.1) is 18.8 Å². The average molecular weight is 258 g/mol. The SMILES string of the molecule is COC(C)CCC(=O)NCCOC1CCNCC1. The van der Waals surface area contributed by atoms with Crippen molar-refractivity contribution < 1.29 is 14.3 Å². The summed E-state index contributed by atoms with van der Waals surface area (Å²) in [5.41, 5.74) is 0. The van der Waals surface area contributed by atoms with Crippen molar-refractivity contribution in [2.45, 2.75) is 44.8 Å². The van der Waals surface area contributed by atoms with Crippen molar-refractivity contribution in [3.8, 4) is 0 Å². The molecule has 0 radical (unpaired) electrons. The predicted molar refractivity (Wildman–Crippen MR) is 70.6 cm³/mol. The molecular weight excluding hydrogens is 232 g/mol. The second kappa shape index (κ2) is 9.30. The van der Waals surface area contributed by atoms with Crippen LogP contribution in [0.3, 0.4) is 0 Å². The average Bonchev–Trinajstić information content (AvgIpc) is 2.42. The van der Waals surface area contributed by atoms with Crippen LogP contribution in [0.2, 0.25) is 0 Å². The van der Waals surface area contributed by atoms with Crippen molar-refractivity contribution in [3.05, 3.63) is 0 Å². The fourth-order valence-corrected chi connectivity index (χ4v) is 1.92. The summed E-state index contributed by atoms with van der Waals surface area (Å²) >= 11 is 0. The maximum Gasteiger partial charge on any atom is 0.220 e. The van der Waals surface area contributed by atoms with E-state index < -0.39 is 0 Å². The Kier molecular flexibility index (Phi) is 7.96. The van der Waals surface area contributed by atoms with Gasteiger partial charge in [-0.05, 0) is 39.3 Å². The van der Waals surface area contributed by atoms with Gasteiger partial charge in [0, 0.05) is 20.1 Å². The summed E-state index contributed by atoms with van der Waals surface area (Å²) in [5, 5.41) is 6.16. The number of nitrogens with one attached hydrogen (secondary N) is 2. The van der Waals surface area contributed by atoms with Crippen LogP contribution in [0.4, 0.5) is 0 Å². The van der Waals surface area contributed by atoms with Crippen LogP contribution in [0.25, 0.3) is 0 Å². The zero-order valence-corrected chi connectivity index (χ0v) is 11.5. The molecule has 0 aromatic carbocycles. The Morgan fingerprint density at radius 2 is 2.17 bits per heavy atom. The van der Waals surface area contributed by atoms with E-state index in [1.165, 1.54) is 0 Å². The number of piperidine rings is 1. The molecular formula is C13H26N2O3. The van der Waals surface area contributed by atoms with Crippen molar-refractivity contribution in [3.63, 3.8) is 0 Å². The summed E-state index contributed by atoms with van der Waals surface area (Å²) in [5.74, 6) is 0.0767. The fourth-order valence-electron chi connectivity index (χ4n) is 1.92. The standard InChI is InChI=1S/C13H26N2O3/c1-11(17-2)3-4-13(16)15-9-10-18-12-5-7-14-8-6-12/h11-12,14H,3-10H2,1-2H3,(H,15,16). The fraction of sp³-hybridized carbons (Fsp3) is 0.923. The van der Waals surface area contributed by atoms with Crippen molar-refractivity contribution in [2.75, 3.05) is 33.4 Å². The molecule has 1 amide bonds. The molecule has 1 heterocycles. The first kappa shape index (κ1) is 15.4. The molecule has 0 aliphatic carbocycles. The van der Waals surface area contributed by atoms with Crippen LogP contribution in [-0.4, -0.2) is 51.5 Å². The Morgan fingerprint density at radius 3 is 2.83 bits per heavy atom. The van der Waals surface area contributed by atoms with Gasteiger partial charge in [-0.3, -0.25) is 4.79 Å². The summed E-state index contributed by atoms with van der Waals surface area (Å²) in [6.07, 6.45) is 3.91. The van der Waals surface area contributed by atoms with E-state index in [4.69, 9.17) is 9.47 Å². The molecule has 18 heavy (non-hydrogen) atoms. The molecule has 1 unspecified atom stereocenters. The third kappa shape index (κ3) is 6.93. The first-order chi connectivity index (χ1) is 8.72. The van der Waals surface area contributed by atoms with Crippen LogP contribution in [0.5, 0.6) is 0 Å². The molecule has 0 bridgehead atoms. The van der Waals surface area contributed by atoms with E-state index in [-0.39, 0.29) is 12.0 Å². The van der Waals surface area contributed by atoms with Gasteiger partial charge >= 0.3 is 0 Å². The van der Waals surface area contributed by atoms with Crippen LogP contribution in [-0.2, 0) is 14.3 Å². The van der Waals surface area contributed by atoms with Gasteiger partial charge in [-0.1, -0.05) is 0 Å². The molecule has 1 atom stereocenters. The molecule has 106 valence electrons. The van der Waals surface area contributed by atoms with Gasteiger partial charge in [-0.25, -0.2) is 0 Å². The van der Waals surface area contributed by atoms with Crippen molar-refractivity contribution in [2.24, 2.45) is 0 Å². The Hall–Kier alpha value is -0.650. The molecule has 0 aromatic rings. The van der Waals surface area contributed by atoms with E-state index in [2.05, 4.69) is 10.6 Å². The van der Waals surface area contributed by atoms with Crippen molar-refractivity contribution in [1.29, 1.82) is 0 Å².